The van der Waals surface area contributed by atoms with Crippen LogP contribution in [0.4, 0.5) is 11.6 Å². The number of hydrogen-bond donors (Lipinski definition) is 2. The van der Waals surface area contributed by atoms with E-state index in [9.17, 15) is 4.79 Å². The lowest BCUT2D eigenvalue weighted by atomic mass is 10.1. The van der Waals surface area contributed by atoms with Gasteiger partial charge in [0.1, 0.15) is 11.4 Å². The fraction of sp³-hybridized carbons (Fsp3) is 0.158. The zero-order chi connectivity index (χ0) is 19.7. The molecule has 4 aromatic rings. The standard InChI is InChI=1S/C19H18N6O2S/c1-25-9-13(19(26)27-2)18(24-25)23-16-4-3-15-17(22-16)14(10-28-15)11-5-6-21-12(7-11)8-20/h3-7,9-10H,8,20H2,1-2H3,(H,22,23,24). The molecule has 0 atom stereocenters. The zero-order valence-electron chi connectivity index (χ0n) is 15.3. The summed E-state index contributed by atoms with van der Waals surface area (Å²) in [6, 6.07) is 7.76. The molecule has 8 nitrogen and oxygen atoms in total. The van der Waals surface area contributed by atoms with Crippen molar-refractivity contribution in [2.45, 2.75) is 6.54 Å². The first-order valence-corrected chi connectivity index (χ1v) is 9.39. The number of aromatic nitrogens is 4. The molecule has 4 rings (SSSR count). The van der Waals surface area contributed by atoms with E-state index in [4.69, 9.17) is 15.5 Å². The molecule has 0 spiro atoms. The molecule has 0 amide bonds. The Balaban J connectivity index is 1.73. The second kappa shape index (κ2) is 7.37. The van der Waals surface area contributed by atoms with Gasteiger partial charge in [0.25, 0.3) is 0 Å². The first kappa shape index (κ1) is 18.1. The largest absolute Gasteiger partial charge is 0.465 e. The first-order valence-electron chi connectivity index (χ1n) is 8.51. The molecule has 0 unspecified atom stereocenters. The monoisotopic (exact) mass is 394 g/mol. The number of nitrogens with one attached hydrogen (secondary N) is 1. The number of nitrogens with zero attached hydrogens (tertiary/aromatic N) is 4. The Morgan fingerprint density at radius 1 is 1.36 bits per heavy atom. The zero-order valence-corrected chi connectivity index (χ0v) is 16.2. The van der Waals surface area contributed by atoms with Gasteiger partial charge in [0.05, 0.1) is 23.0 Å². The smallest absolute Gasteiger partial charge is 0.343 e. The quantitative estimate of drug-likeness (QED) is 0.501. The molecule has 0 bridgehead atoms. The number of methoxy groups -OCH3 is 1. The van der Waals surface area contributed by atoms with Crippen molar-refractivity contribution in [2.24, 2.45) is 12.8 Å². The van der Waals surface area contributed by atoms with Crippen molar-refractivity contribution in [1.29, 1.82) is 0 Å². The van der Waals surface area contributed by atoms with Crippen molar-refractivity contribution in [1.82, 2.24) is 19.7 Å². The van der Waals surface area contributed by atoms with Crippen LogP contribution >= 0.6 is 11.3 Å². The molecule has 0 aliphatic rings. The van der Waals surface area contributed by atoms with Crippen LogP contribution in [0.2, 0.25) is 0 Å². The molecule has 3 N–H and O–H groups in total. The van der Waals surface area contributed by atoms with Gasteiger partial charge in [0, 0.05) is 36.9 Å². The third-order valence-corrected chi connectivity index (χ3v) is 5.17. The van der Waals surface area contributed by atoms with E-state index in [1.807, 2.05) is 24.3 Å². The summed E-state index contributed by atoms with van der Waals surface area (Å²) < 4.78 is 7.42. The molecule has 0 saturated carbocycles. The highest BCUT2D eigenvalue weighted by Gasteiger charge is 2.17. The van der Waals surface area contributed by atoms with Crippen LogP contribution in [0.1, 0.15) is 16.1 Å². The third kappa shape index (κ3) is 3.32. The molecule has 142 valence electrons. The minimum atomic E-state index is -0.459. The molecule has 28 heavy (non-hydrogen) atoms. The molecule has 4 aromatic heterocycles. The summed E-state index contributed by atoms with van der Waals surface area (Å²) in [6.45, 7) is 0.381. The summed E-state index contributed by atoms with van der Waals surface area (Å²) in [6.07, 6.45) is 3.35. The summed E-state index contributed by atoms with van der Waals surface area (Å²) in [5, 5.41) is 9.48. The maximum Gasteiger partial charge on any atom is 0.343 e. The highest BCUT2D eigenvalue weighted by Crippen LogP contribution is 2.34. The number of aryl methyl sites for hydroxylation is 1. The van der Waals surface area contributed by atoms with E-state index < -0.39 is 5.97 Å². The van der Waals surface area contributed by atoms with E-state index in [-0.39, 0.29) is 0 Å². The van der Waals surface area contributed by atoms with E-state index in [1.165, 1.54) is 7.11 Å². The average Bonchev–Trinajstić information content (AvgIpc) is 3.30. The molecule has 0 saturated heterocycles. The molecule has 0 aromatic carbocycles. The van der Waals surface area contributed by atoms with E-state index in [0.717, 1.165) is 27.0 Å². The number of rotatable bonds is 5. The van der Waals surface area contributed by atoms with Gasteiger partial charge in [-0.05, 0) is 29.8 Å². The molecular weight excluding hydrogens is 376 g/mol. The lowest BCUT2D eigenvalue weighted by molar-refractivity contribution is 0.0602. The molecule has 0 aliphatic carbocycles. The SMILES string of the molecule is COC(=O)c1cn(C)nc1Nc1ccc2scc(-c3ccnc(CN)c3)c2n1. The minimum absolute atomic E-state index is 0.346. The van der Waals surface area contributed by atoms with Crippen molar-refractivity contribution in [3.63, 3.8) is 0 Å². The van der Waals surface area contributed by atoms with Crippen LogP contribution < -0.4 is 11.1 Å². The summed E-state index contributed by atoms with van der Waals surface area (Å²) in [7, 11) is 3.08. The van der Waals surface area contributed by atoms with Crippen molar-refractivity contribution in [3.05, 3.63) is 53.3 Å². The van der Waals surface area contributed by atoms with Crippen molar-refractivity contribution < 1.29 is 9.53 Å². The van der Waals surface area contributed by atoms with Gasteiger partial charge in [-0.15, -0.1) is 11.3 Å². The van der Waals surface area contributed by atoms with Crippen LogP contribution in [0.5, 0.6) is 0 Å². The summed E-state index contributed by atoms with van der Waals surface area (Å²) in [5.74, 6) is 0.524. The number of ether oxygens (including phenoxy) is 1. The lowest BCUT2D eigenvalue weighted by Gasteiger charge is -2.06. The number of esters is 1. The van der Waals surface area contributed by atoms with Crippen molar-refractivity contribution in [3.8, 4) is 11.1 Å². The summed E-state index contributed by atoms with van der Waals surface area (Å²) in [4.78, 5) is 21.0. The van der Waals surface area contributed by atoms with Crippen LogP contribution in [-0.4, -0.2) is 32.8 Å². The number of fused-ring (bicyclic) bond motifs is 1. The molecule has 0 radical (unpaired) electrons. The maximum absolute atomic E-state index is 12.0. The van der Waals surface area contributed by atoms with Crippen LogP contribution in [0.3, 0.4) is 0 Å². The number of carbonyl (C=O) groups excluding carboxylic acids is 1. The third-order valence-electron chi connectivity index (χ3n) is 4.23. The number of anilines is 2. The summed E-state index contributed by atoms with van der Waals surface area (Å²) in [5.41, 5.74) is 9.77. The second-order valence-corrected chi connectivity index (χ2v) is 7.03. The maximum atomic E-state index is 12.0. The fourth-order valence-corrected chi connectivity index (χ4v) is 3.81. The molecular formula is C19H18N6O2S. The predicted octanol–water partition coefficient (Wildman–Crippen LogP) is 3.08. The van der Waals surface area contributed by atoms with Gasteiger partial charge in [-0.25, -0.2) is 9.78 Å². The summed E-state index contributed by atoms with van der Waals surface area (Å²) >= 11 is 1.62. The highest BCUT2D eigenvalue weighted by molar-refractivity contribution is 7.17. The Kier molecular flexibility index (Phi) is 4.76. The van der Waals surface area contributed by atoms with E-state index in [2.05, 4.69) is 20.8 Å². The van der Waals surface area contributed by atoms with Crippen molar-refractivity contribution in [2.75, 3.05) is 12.4 Å². The van der Waals surface area contributed by atoms with E-state index in [1.54, 1.807) is 35.5 Å². The van der Waals surface area contributed by atoms with Crippen LogP contribution in [-0.2, 0) is 18.3 Å². The average molecular weight is 394 g/mol. The van der Waals surface area contributed by atoms with E-state index >= 15 is 0 Å². The number of hydrogen-bond acceptors (Lipinski definition) is 8. The van der Waals surface area contributed by atoms with Crippen LogP contribution in [0.15, 0.2) is 42.0 Å². The van der Waals surface area contributed by atoms with Gasteiger partial charge in [-0.1, -0.05) is 0 Å². The molecule has 9 heteroatoms. The molecule has 0 aliphatic heterocycles. The minimum Gasteiger partial charge on any atom is -0.465 e. The van der Waals surface area contributed by atoms with Crippen LogP contribution in [0.25, 0.3) is 21.3 Å². The Labute approximate surface area is 165 Å². The first-order chi connectivity index (χ1) is 13.6. The predicted molar refractivity (Wildman–Crippen MR) is 109 cm³/mol. The second-order valence-electron chi connectivity index (χ2n) is 6.11. The van der Waals surface area contributed by atoms with E-state index in [0.29, 0.717) is 23.7 Å². The van der Waals surface area contributed by atoms with Gasteiger partial charge in [0.15, 0.2) is 5.82 Å². The van der Waals surface area contributed by atoms with Gasteiger partial charge < -0.3 is 15.8 Å². The molecule has 0 fully saturated rings. The fourth-order valence-electron chi connectivity index (χ4n) is 2.91. The number of nitrogens with two attached hydrogens (primary N) is 1. The Bertz CT molecular complexity index is 1170. The molecule has 4 heterocycles. The van der Waals surface area contributed by atoms with Gasteiger partial charge >= 0.3 is 5.97 Å². The number of thiophene rings is 1. The lowest BCUT2D eigenvalue weighted by Crippen LogP contribution is -2.04. The van der Waals surface area contributed by atoms with Crippen LogP contribution in [0, 0.1) is 0 Å². The number of pyridine rings is 2. The number of carbonyl (C=O) groups is 1. The normalized spacial score (nSPS) is 11.0. The van der Waals surface area contributed by atoms with Crippen molar-refractivity contribution >= 4 is 39.2 Å². The van der Waals surface area contributed by atoms with Gasteiger partial charge in [-0.2, -0.15) is 5.10 Å². The Hall–Kier alpha value is -3.30. The van der Waals surface area contributed by atoms with Gasteiger partial charge in [-0.3, -0.25) is 9.67 Å². The Morgan fingerprint density at radius 2 is 2.21 bits per heavy atom. The van der Waals surface area contributed by atoms with Gasteiger partial charge in [0.2, 0.25) is 0 Å². The highest BCUT2D eigenvalue weighted by atomic mass is 32.1. The topological polar surface area (TPSA) is 108 Å². The Morgan fingerprint density at radius 3 is 3.00 bits per heavy atom.